The van der Waals surface area contributed by atoms with Crippen LogP contribution in [0.2, 0.25) is 0 Å². The Morgan fingerprint density at radius 1 is 1.12 bits per heavy atom. The van der Waals surface area contributed by atoms with Crippen LogP contribution in [0.25, 0.3) is 21.9 Å². The fraction of sp³-hybridized carbons (Fsp3) is 0.400. The minimum Gasteiger partial charge on any atom is -0.491 e. The number of fused-ring (bicyclic) bond motifs is 1. The van der Waals surface area contributed by atoms with E-state index in [1.54, 1.807) is 12.4 Å². The van der Waals surface area contributed by atoms with Gasteiger partial charge in [0.05, 0.1) is 12.4 Å². The molecule has 2 N–H and O–H groups in total. The molecule has 1 spiro atoms. The lowest BCUT2D eigenvalue weighted by Crippen LogP contribution is -2.52. The van der Waals surface area contributed by atoms with Crippen LogP contribution in [0.4, 0.5) is 0 Å². The van der Waals surface area contributed by atoms with Crippen molar-refractivity contribution in [1.82, 2.24) is 20.4 Å². The van der Waals surface area contributed by atoms with Crippen LogP contribution in [0, 0.1) is 0 Å². The first-order valence-corrected chi connectivity index (χ1v) is 11.2. The summed E-state index contributed by atoms with van der Waals surface area (Å²) in [6.45, 7) is 2.56. The molecule has 32 heavy (non-hydrogen) atoms. The largest absolute Gasteiger partial charge is 0.491 e. The minimum atomic E-state index is -0.584. The number of piperidine rings is 1. The molecule has 3 heterocycles. The van der Waals surface area contributed by atoms with Gasteiger partial charge in [-0.1, -0.05) is 24.3 Å². The van der Waals surface area contributed by atoms with Crippen molar-refractivity contribution in [2.24, 2.45) is 0 Å². The molecule has 1 amide bonds. The third-order valence-corrected chi connectivity index (χ3v) is 6.69. The maximum atomic E-state index is 11.6. The van der Waals surface area contributed by atoms with E-state index < -0.39 is 6.10 Å². The number of aliphatic hydroxyl groups excluding tert-OH is 1. The first kappa shape index (κ1) is 20.8. The third kappa shape index (κ3) is 4.45. The summed E-state index contributed by atoms with van der Waals surface area (Å²) in [5.41, 5.74) is 1.99. The van der Waals surface area contributed by atoms with Gasteiger partial charge in [0.1, 0.15) is 18.5 Å². The van der Waals surface area contributed by atoms with E-state index in [1.165, 1.54) is 0 Å². The van der Waals surface area contributed by atoms with E-state index in [-0.39, 0.29) is 18.1 Å². The minimum absolute atomic E-state index is 0.0155. The summed E-state index contributed by atoms with van der Waals surface area (Å²) >= 11 is 0. The Balaban J connectivity index is 1.22. The molecule has 2 aliphatic heterocycles. The lowest BCUT2D eigenvalue weighted by molar-refractivity contribution is -0.120. The molecule has 7 heteroatoms. The summed E-state index contributed by atoms with van der Waals surface area (Å²) < 4.78 is 6.02. The number of benzene rings is 2. The van der Waals surface area contributed by atoms with Gasteiger partial charge in [0.15, 0.2) is 0 Å². The zero-order chi connectivity index (χ0) is 22.0. The smallest absolute Gasteiger partial charge is 0.220 e. The number of ether oxygens (including phenoxy) is 1. The molecule has 166 valence electrons. The summed E-state index contributed by atoms with van der Waals surface area (Å²) in [5, 5.41) is 23.8. The number of nitrogens with zero attached hydrogens (tertiary/aromatic N) is 3. The van der Waals surface area contributed by atoms with E-state index in [0.29, 0.717) is 13.0 Å². The van der Waals surface area contributed by atoms with Gasteiger partial charge in [-0.25, -0.2) is 0 Å². The molecule has 0 bridgehead atoms. The van der Waals surface area contributed by atoms with E-state index in [0.717, 1.165) is 60.0 Å². The maximum absolute atomic E-state index is 11.6. The van der Waals surface area contributed by atoms with Crippen LogP contribution in [0.5, 0.6) is 5.75 Å². The molecule has 1 atom stereocenters. The number of aliphatic hydroxyl groups is 1. The molecule has 0 radical (unpaired) electrons. The Labute approximate surface area is 187 Å². The van der Waals surface area contributed by atoms with Gasteiger partial charge in [0.2, 0.25) is 5.91 Å². The number of rotatable bonds is 6. The van der Waals surface area contributed by atoms with Crippen LogP contribution in [-0.4, -0.2) is 64.0 Å². The second-order valence-corrected chi connectivity index (χ2v) is 8.92. The molecule has 0 aliphatic carbocycles. The predicted octanol–water partition coefficient (Wildman–Crippen LogP) is 2.78. The molecule has 2 aromatic carbocycles. The Kier molecular flexibility index (Phi) is 5.76. The van der Waals surface area contributed by atoms with Crippen molar-refractivity contribution in [3.05, 3.63) is 54.9 Å². The third-order valence-electron chi connectivity index (χ3n) is 6.69. The van der Waals surface area contributed by atoms with Crippen LogP contribution in [-0.2, 0) is 4.79 Å². The number of aromatic nitrogens is 2. The highest BCUT2D eigenvalue weighted by Gasteiger charge is 2.40. The zero-order valence-corrected chi connectivity index (χ0v) is 18.0. The fourth-order valence-corrected chi connectivity index (χ4v) is 4.91. The summed E-state index contributed by atoms with van der Waals surface area (Å²) in [5.74, 6) is 0.894. The molecule has 7 nitrogen and oxygen atoms in total. The second-order valence-electron chi connectivity index (χ2n) is 8.92. The average Bonchev–Trinajstić information content (AvgIpc) is 3.19. The average molecular weight is 433 g/mol. The van der Waals surface area contributed by atoms with E-state index in [1.807, 2.05) is 30.3 Å². The number of amides is 1. The van der Waals surface area contributed by atoms with Crippen molar-refractivity contribution in [2.45, 2.75) is 37.3 Å². The van der Waals surface area contributed by atoms with Crippen molar-refractivity contribution in [1.29, 1.82) is 0 Å². The van der Waals surface area contributed by atoms with E-state index >= 15 is 0 Å². The predicted molar refractivity (Wildman–Crippen MR) is 122 cm³/mol. The highest BCUT2D eigenvalue weighted by Crippen LogP contribution is 2.33. The quantitative estimate of drug-likeness (QED) is 0.623. The molecule has 1 aromatic heterocycles. The number of β-amino-alcohol motifs (C(OH)–C–C–N with tert-alkyl or cyclic N) is 1. The normalized spacial score (nSPS) is 19.2. The molecule has 5 rings (SSSR count). The molecule has 2 fully saturated rings. The van der Waals surface area contributed by atoms with E-state index in [4.69, 9.17) is 4.74 Å². The first-order chi connectivity index (χ1) is 15.6. The van der Waals surface area contributed by atoms with Gasteiger partial charge in [-0.15, -0.1) is 0 Å². The first-order valence-electron chi connectivity index (χ1n) is 11.2. The topological polar surface area (TPSA) is 87.6 Å². The van der Waals surface area contributed by atoms with Crippen molar-refractivity contribution >= 4 is 16.7 Å². The Bertz CT molecular complexity index is 1100. The number of hydrogen-bond donors (Lipinski definition) is 2. The van der Waals surface area contributed by atoms with Gasteiger partial charge in [-0.2, -0.15) is 10.2 Å². The highest BCUT2D eigenvalue weighted by atomic mass is 16.5. The summed E-state index contributed by atoms with van der Waals surface area (Å²) in [6.07, 6.45) is 6.31. The Hall–Kier alpha value is -3.03. The van der Waals surface area contributed by atoms with Gasteiger partial charge < -0.3 is 20.1 Å². The number of carbonyl (C=O) groups excluding carboxylic acids is 1. The number of likely N-dealkylation sites (tertiary alicyclic amines) is 1. The van der Waals surface area contributed by atoms with Gasteiger partial charge in [-0.3, -0.25) is 4.79 Å². The molecule has 1 unspecified atom stereocenters. The van der Waals surface area contributed by atoms with Crippen molar-refractivity contribution < 1.29 is 14.6 Å². The standard InChI is InChI=1S/C25H28N4O3/c30-20(16-29-11-8-25(9-12-29)7-5-24(31)28-25)17-32-21-13-18-3-1-2-4-22(18)23(14-21)19-6-10-26-27-15-19/h1-4,6,10,13-15,20,30H,5,7-9,11-12,16-17H2,(H,28,31). The van der Waals surface area contributed by atoms with Gasteiger partial charge >= 0.3 is 0 Å². The second kappa shape index (κ2) is 8.84. The number of hydrogen-bond acceptors (Lipinski definition) is 6. The van der Waals surface area contributed by atoms with Crippen molar-refractivity contribution in [3.63, 3.8) is 0 Å². The monoisotopic (exact) mass is 432 g/mol. The molecule has 2 saturated heterocycles. The highest BCUT2D eigenvalue weighted by molar-refractivity contribution is 5.97. The summed E-state index contributed by atoms with van der Waals surface area (Å²) in [4.78, 5) is 13.9. The fourth-order valence-electron chi connectivity index (χ4n) is 4.91. The van der Waals surface area contributed by atoms with E-state index in [2.05, 4.69) is 32.5 Å². The van der Waals surface area contributed by atoms with Gasteiger partial charge in [-0.05, 0) is 53.8 Å². The molecule has 0 saturated carbocycles. The molecule has 3 aromatic rings. The SMILES string of the molecule is O=C1CCC2(CCN(CC(O)COc3cc(-c4ccnnc4)c4ccccc4c3)CC2)N1. The van der Waals surface area contributed by atoms with Crippen molar-refractivity contribution in [2.75, 3.05) is 26.2 Å². The van der Waals surface area contributed by atoms with Crippen LogP contribution < -0.4 is 10.1 Å². The van der Waals surface area contributed by atoms with Crippen molar-refractivity contribution in [3.8, 4) is 16.9 Å². The number of carbonyl (C=O) groups is 1. The van der Waals surface area contributed by atoms with Crippen LogP contribution in [0.15, 0.2) is 54.9 Å². The maximum Gasteiger partial charge on any atom is 0.220 e. The molecular weight excluding hydrogens is 404 g/mol. The van der Waals surface area contributed by atoms with Crippen LogP contribution in [0.3, 0.4) is 0 Å². The summed E-state index contributed by atoms with van der Waals surface area (Å²) in [6, 6.07) is 14.1. The summed E-state index contributed by atoms with van der Waals surface area (Å²) in [7, 11) is 0. The molecule has 2 aliphatic rings. The molecular formula is C25H28N4O3. The van der Waals surface area contributed by atoms with Gasteiger partial charge in [0.25, 0.3) is 0 Å². The Morgan fingerprint density at radius 3 is 2.72 bits per heavy atom. The number of nitrogens with one attached hydrogen (secondary N) is 1. The zero-order valence-electron chi connectivity index (χ0n) is 18.0. The lowest BCUT2D eigenvalue weighted by atomic mass is 9.86. The lowest BCUT2D eigenvalue weighted by Gasteiger charge is -2.39. The van der Waals surface area contributed by atoms with Crippen LogP contribution in [0.1, 0.15) is 25.7 Å². The Morgan fingerprint density at radius 2 is 1.97 bits per heavy atom. The van der Waals surface area contributed by atoms with Gasteiger partial charge in [0, 0.05) is 37.2 Å². The van der Waals surface area contributed by atoms with E-state index in [9.17, 15) is 9.90 Å². The van der Waals surface area contributed by atoms with Crippen LogP contribution >= 0.6 is 0 Å².